The van der Waals surface area contributed by atoms with Gasteiger partial charge in [-0.2, -0.15) is 18.3 Å². The molecule has 0 fully saturated rings. The fourth-order valence-electron chi connectivity index (χ4n) is 3.39. The van der Waals surface area contributed by atoms with Crippen LogP contribution < -0.4 is 0 Å². The largest absolute Gasteiger partial charge is 0.419 e. The Labute approximate surface area is 186 Å². The highest BCUT2D eigenvalue weighted by molar-refractivity contribution is 14.2. The summed E-state index contributed by atoms with van der Waals surface area (Å²) in [6.45, 7) is 0. The maximum absolute atomic E-state index is 14.5. The molecule has 0 spiro atoms. The van der Waals surface area contributed by atoms with Crippen molar-refractivity contribution in [3.05, 3.63) is 95.6 Å². The van der Waals surface area contributed by atoms with Gasteiger partial charge in [-0.25, -0.2) is 9.07 Å². The van der Waals surface area contributed by atoms with Crippen molar-refractivity contribution in [3.63, 3.8) is 0 Å². The predicted molar refractivity (Wildman–Crippen MR) is 119 cm³/mol. The Kier molecular flexibility index (Phi) is 6.17. The summed E-state index contributed by atoms with van der Waals surface area (Å²) in [7, 11) is 0. The summed E-state index contributed by atoms with van der Waals surface area (Å²) in [6.07, 6.45) is 0.756. The Bertz CT molecular complexity index is 1170. The molecule has 0 bridgehead atoms. The molecule has 8 heteroatoms. The van der Waals surface area contributed by atoms with Crippen molar-refractivity contribution in [2.45, 2.75) is 22.9 Å². The highest BCUT2D eigenvalue weighted by Crippen LogP contribution is 2.34. The summed E-state index contributed by atoms with van der Waals surface area (Å²) < 4.78 is 56.0. The van der Waals surface area contributed by atoms with E-state index in [9.17, 15) is 22.4 Å². The summed E-state index contributed by atoms with van der Waals surface area (Å²) in [6, 6.07) is 14.5. The van der Waals surface area contributed by atoms with E-state index in [1.807, 2.05) is 30.3 Å². The van der Waals surface area contributed by atoms with Crippen molar-refractivity contribution < 1.29 is 22.4 Å². The third-order valence-electron chi connectivity index (χ3n) is 4.83. The van der Waals surface area contributed by atoms with Gasteiger partial charge in [-0.1, -0.05) is 36.4 Å². The van der Waals surface area contributed by atoms with Gasteiger partial charge in [0.05, 0.1) is 26.7 Å². The predicted octanol–water partition coefficient (Wildman–Crippen LogP) is 5.66. The second kappa shape index (κ2) is 8.86. The number of hydrogen-bond donors (Lipinski definition) is 0. The van der Waals surface area contributed by atoms with Crippen LogP contribution in [0, 0.1) is 5.82 Å². The first-order chi connectivity index (χ1) is 14.8. The van der Waals surface area contributed by atoms with Gasteiger partial charge in [-0.15, -0.1) is 20.7 Å². The molecule has 0 N–H and O–H groups in total. The first kappa shape index (κ1) is 21.6. The van der Waals surface area contributed by atoms with Gasteiger partial charge in [0, 0.05) is 3.92 Å². The topological polar surface area (TPSA) is 34.9 Å². The maximum atomic E-state index is 14.5. The van der Waals surface area contributed by atoms with Crippen LogP contribution in [0.15, 0.2) is 72.9 Å². The fourth-order valence-corrected chi connectivity index (χ4v) is 6.73. The van der Waals surface area contributed by atoms with E-state index < -0.39 is 38.3 Å². The molecule has 0 radical (unpaired) electrons. The van der Waals surface area contributed by atoms with Crippen LogP contribution in [0.2, 0.25) is 0 Å². The molecule has 3 nitrogen and oxygen atoms in total. The van der Waals surface area contributed by atoms with E-state index in [1.54, 1.807) is 23.0 Å². The van der Waals surface area contributed by atoms with E-state index in [1.165, 1.54) is 18.2 Å². The lowest BCUT2D eigenvalue weighted by molar-refractivity contribution is -0.140. The van der Waals surface area contributed by atoms with Crippen LogP contribution in [0.25, 0.3) is 5.69 Å². The van der Waals surface area contributed by atoms with Crippen LogP contribution in [-0.4, -0.2) is 23.0 Å². The van der Waals surface area contributed by atoms with E-state index in [0.717, 1.165) is 11.8 Å². The molecule has 1 aromatic heterocycles. The second-order valence-corrected chi connectivity index (χ2v) is 10.4. The minimum absolute atomic E-state index is 0.0261. The standard InChI is InChI=1S/C23H17F4IN2O/c24-21-15(6-4-10-18(21)23(25,26)27)14-16-7-5-11-20(31)22(28-16)19-12-13-29-30(19)17-8-2-1-3-9-17/h1-6,8-13,16H,7,14H2. The molecular formula is C23H17F4IN2O. The quantitative estimate of drug-likeness (QED) is 0.243. The molecule has 2 aromatic carbocycles. The Morgan fingerprint density at radius 1 is 1.06 bits per heavy atom. The highest BCUT2D eigenvalue weighted by atomic mass is 127. The van der Waals surface area contributed by atoms with Gasteiger partial charge in [0.15, 0.2) is 5.78 Å². The first-order valence-corrected chi connectivity index (χ1v) is 11.8. The third kappa shape index (κ3) is 4.68. The summed E-state index contributed by atoms with van der Waals surface area (Å²) in [5.41, 5.74) is 0.249. The van der Waals surface area contributed by atoms with Gasteiger partial charge >= 0.3 is 6.18 Å². The van der Waals surface area contributed by atoms with E-state index in [2.05, 4.69) is 5.10 Å². The third-order valence-corrected chi connectivity index (χ3v) is 8.37. The average molecular weight is 540 g/mol. The number of aromatic nitrogens is 2. The zero-order chi connectivity index (χ0) is 22.0. The lowest BCUT2D eigenvalue weighted by Crippen LogP contribution is -2.17. The van der Waals surface area contributed by atoms with E-state index in [-0.39, 0.29) is 21.7 Å². The molecule has 3 aromatic rings. The minimum atomic E-state index is -4.74. The van der Waals surface area contributed by atoms with Crippen molar-refractivity contribution in [1.29, 1.82) is 0 Å². The van der Waals surface area contributed by atoms with Gasteiger partial charge in [0.1, 0.15) is 5.82 Å². The fraction of sp³-hybridized carbons (Fsp3) is 0.174. The van der Waals surface area contributed by atoms with Gasteiger partial charge < -0.3 is 0 Å². The summed E-state index contributed by atoms with van der Waals surface area (Å²) in [5.74, 6) is -1.35. The SMILES string of the molecule is O=C1C=CCC(Cc2cccc(C(F)(F)F)c2F)I=C1c1ccnn1-c1ccccc1. The van der Waals surface area contributed by atoms with E-state index in [4.69, 9.17) is 0 Å². The number of rotatable bonds is 4. The Hall–Kier alpha value is -2.62. The average Bonchev–Trinajstić information content (AvgIpc) is 3.15. The van der Waals surface area contributed by atoms with Crippen molar-refractivity contribution in [2.24, 2.45) is 0 Å². The molecule has 1 atom stereocenters. The van der Waals surface area contributed by atoms with Crippen molar-refractivity contribution in [1.82, 2.24) is 9.78 Å². The molecule has 160 valence electrons. The Morgan fingerprint density at radius 2 is 1.84 bits per heavy atom. The minimum Gasteiger partial charge on any atom is -0.289 e. The van der Waals surface area contributed by atoms with E-state index in [0.29, 0.717) is 15.6 Å². The molecule has 1 aliphatic rings. The number of halogens is 5. The Morgan fingerprint density at radius 3 is 2.58 bits per heavy atom. The number of nitrogens with zero attached hydrogens (tertiary/aromatic N) is 2. The van der Waals surface area contributed by atoms with Crippen LogP contribution in [0.5, 0.6) is 0 Å². The molecule has 0 amide bonds. The normalized spacial score (nSPS) is 17.1. The lowest BCUT2D eigenvalue weighted by atomic mass is 10.0. The van der Waals surface area contributed by atoms with Crippen molar-refractivity contribution in [2.75, 3.05) is 0 Å². The molecule has 1 aliphatic heterocycles. The van der Waals surface area contributed by atoms with Gasteiger partial charge in [-0.3, -0.25) is 4.79 Å². The molecule has 1 unspecified atom stereocenters. The van der Waals surface area contributed by atoms with Crippen molar-refractivity contribution in [3.8, 4) is 5.69 Å². The number of alkyl halides is 4. The van der Waals surface area contributed by atoms with Gasteiger partial charge in [0.2, 0.25) is 0 Å². The number of carbonyl (C=O) groups is 1. The molecule has 31 heavy (non-hydrogen) atoms. The van der Waals surface area contributed by atoms with Crippen LogP contribution in [0.4, 0.5) is 17.6 Å². The zero-order valence-electron chi connectivity index (χ0n) is 16.1. The van der Waals surface area contributed by atoms with Crippen molar-refractivity contribution >= 4 is 30.0 Å². The zero-order valence-corrected chi connectivity index (χ0v) is 18.3. The smallest absolute Gasteiger partial charge is 0.289 e. The lowest BCUT2D eigenvalue weighted by Gasteiger charge is -2.15. The number of hydrogen-bond acceptors (Lipinski definition) is 2. The monoisotopic (exact) mass is 540 g/mol. The molecular weight excluding hydrogens is 523 g/mol. The molecule has 4 rings (SSSR count). The van der Waals surface area contributed by atoms with Crippen LogP contribution >= 0.6 is 20.7 Å². The number of allylic oxidation sites excluding steroid dienone is 2. The summed E-state index contributed by atoms with van der Waals surface area (Å²) >= 11 is -0.927. The van der Waals surface area contributed by atoms with E-state index >= 15 is 0 Å². The molecule has 0 saturated heterocycles. The highest BCUT2D eigenvalue weighted by Gasteiger charge is 2.35. The second-order valence-electron chi connectivity index (χ2n) is 6.97. The van der Waals surface area contributed by atoms with Gasteiger partial charge in [0.25, 0.3) is 0 Å². The summed E-state index contributed by atoms with van der Waals surface area (Å²) in [5, 5.41) is 4.34. The number of benzene rings is 2. The molecule has 2 heterocycles. The Balaban J connectivity index is 1.71. The van der Waals surface area contributed by atoms with Gasteiger partial charge in [-0.05, 0) is 48.7 Å². The number of para-hydroxylation sites is 1. The van der Waals surface area contributed by atoms with Crippen LogP contribution in [0.1, 0.15) is 23.2 Å². The van der Waals surface area contributed by atoms with Crippen LogP contribution in [0.3, 0.4) is 0 Å². The molecule has 0 saturated carbocycles. The van der Waals surface area contributed by atoms with Crippen LogP contribution in [-0.2, 0) is 17.4 Å². The molecule has 0 aliphatic carbocycles. The summed E-state index contributed by atoms with van der Waals surface area (Å²) in [4.78, 5) is 12.8. The first-order valence-electron chi connectivity index (χ1n) is 9.50. The maximum Gasteiger partial charge on any atom is 0.419 e. The number of carbonyl (C=O) groups excluding carboxylic acids is 1. The number of ketones is 1.